The van der Waals surface area contributed by atoms with Gasteiger partial charge in [0.25, 0.3) is 0 Å². The van der Waals surface area contributed by atoms with E-state index in [-0.39, 0.29) is 11.9 Å². The highest BCUT2D eigenvalue weighted by Gasteiger charge is 2.26. The van der Waals surface area contributed by atoms with E-state index in [0.29, 0.717) is 16.8 Å². The number of halogens is 2. The summed E-state index contributed by atoms with van der Waals surface area (Å²) in [7, 11) is 0. The number of carbonyl (C=O) groups excluding carboxylic acids is 1. The minimum atomic E-state index is -0.0710. The summed E-state index contributed by atoms with van der Waals surface area (Å²) in [5.74, 6) is -0.0386. The van der Waals surface area contributed by atoms with Gasteiger partial charge in [-0.15, -0.1) is 0 Å². The van der Waals surface area contributed by atoms with Gasteiger partial charge in [-0.25, -0.2) is 4.98 Å². The van der Waals surface area contributed by atoms with Crippen molar-refractivity contribution in [2.75, 3.05) is 19.7 Å². The van der Waals surface area contributed by atoms with Crippen molar-refractivity contribution in [2.24, 2.45) is 5.92 Å². The fourth-order valence-electron chi connectivity index (χ4n) is 2.38. The maximum Gasteiger partial charge on any atom is 0.309 e. The lowest BCUT2D eigenvalue weighted by molar-refractivity contribution is -0.149. The maximum atomic E-state index is 11.7. The second-order valence-electron chi connectivity index (χ2n) is 4.90. The van der Waals surface area contributed by atoms with Crippen molar-refractivity contribution in [3.05, 3.63) is 28.0 Å². The monoisotopic (exact) mass is 316 g/mol. The zero-order chi connectivity index (χ0) is 14.5. The van der Waals surface area contributed by atoms with E-state index in [0.717, 1.165) is 38.0 Å². The third-order valence-electron chi connectivity index (χ3n) is 3.50. The number of carbonyl (C=O) groups is 1. The van der Waals surface area contributed by atoms with Gasteiger partial charge in [0.05, 0.1) is 12.5 Å². The first-order valence-electron chi connectivity index (χ1n) is 6.79. The molecule has 1 aliphatic rings. The molecule has 0 atom stereocenters. The molecule has 0 saturated carbocycles. The molecule has 0 radical (unpaired) electrons. The molecule has 0 amide bonds. The van der Waals surface area contributed by atoms with Crippen LogP contribution < -0.4 is 0 Å². The molecule has 0 aromatic carbocycles. The highest BCUT2D eigenvalue weighted by Crippen LogP contribution is 2.24. The summed E-state index contributed by atoms with van der Waals surface area (Å²) in [5.41, 5.74) is 0.964. The molecule has 1 aromatic rings. The quantitative estimate of drug-likeness (QED) is 0.632. The molecule has 6 heteroatoms. The second-order valence-corrected chi connectivity index (χ2v) is 5.70. The summed E-state index contributed by atoms with van der Waals surface area (Å²) in [6.07, 6.45) is 3.37. The van der Waals surface area contributed by atoms with Crippen molar-refractivity contribution in [1.82, 2.24) is 9.88 Å². The Morgan fingerprint density at radius 1 is 1.45 bits per heavy atom. The van der Waals surface area contributed by atoms with Gasteiger partial charge in [-0.2, -0.15) is 0 Å². The number of pyridine rings is 1. The molecule has 0 unspecified atom stereocenters. The van der Waals surface area contributed by atoms with Gasteiger partial charge in [0.2, 0.25) is 0 Å². The molecular formula is C14H18Cl2N2O2. The van der Waals surface area contributed by atoms with Crippen molar-refractivity contribution >= 4 is 29.2 Å². The molecule has 1 fully saturated rings. The summed E-state index contributed by atoms with van der Waals surface area (Å²) in [5, 5.41) is 1.04. The van der Waals surface area contributed by atoms with Gasteiger partial charge in [0.15, 0.2) is 0 Å². The number of piperidine rings is 1. The van der Waals surface area contributed by atoms with Crippen LogP contribution >= 0.6 is 23.2 Å². The maximum absolute atomic E-state index is 11.7. The number of hydrogen-bond acceptors (Lipinski definition) is 4. The van der Waals surface area contributed by atoms with Gasteiger partial charge < -0.3 is 4.74 Å². The molecule has 1 aromatic heterocycles. The molecule has 0 bridgehead atoms. The van der Waals surface area contributed by atoms with E-state index in [1.54, 1.807) is 12.3 Å². The highest BCUT2D eigenvalue weighted by atomic mass is 35.5. The van der Waals surface area contributed by atoms with Gasteiger partial charge >= 0.3 is 5.97 Å². The Labute approximate surface area is 129 Å². The number of hydrogen-bond donors (Lipinski definition) is 0. The molecule has 0 spiro atoms. The van der Waals surface area contributed by atoms with Gasteiger partial charge in [-0.3, -0.25) is 9.69 Å². The van der Waals surface area contributed by atoms with Gasteiger partial charge in [0, 0.05) is 23.3 Å². The minimum absolute atomic E-state index is 0.0324. The zero-order valence-electron chi connectivity index (χ0n) is 11.4. The van der Waals surface area contributed by atoms with Gasteiger partial charge in [0.1, 0.15) is 5.15 Å². The van der Waals surface area contributed by atoms with E-state index in [1.807, 2.05) is 6.92 Å². The lowest BCUT2D eigenvalue weighted by Gasteiger charge is -2.30. The fourth-order valence-corrected chi connectivity index (χ4v) is 2.81. The molecular weight excluding hydrogens is 299 g/mol. The number of likely N-dealkylation sites (tertiary alicyclic amines) is 1. The van der Waals surface area contributed by atoms with Crippen molar-refractivity contribution < 1.29 is 9.53 Å². The van der Waals surface area contributed by atoms with E-state index in [4.69, 9.17) is 27.9 Å². The first-order valence-corrected chi connectivity index (χ1v) is 7.54. The molecule has 0 N–H and O–H groups in total. The second kappa shape index (κ2) is 7.25. The van der Waals surface area contributed by atoms with Crippen LogP contribution in [-0.4, -0.2) is 35.5 Å². The number of aromatic nitrogens is 1. The van der Waals surface area contributed by atoms with Crippen LogP contribution in [0.25, 0.3) is 0 Å². The number of ether oxygens (including phenoxy) is 1. The lowest BCUT2D eigenvalue weighted by atomic mass is 9.97. The van der Waals surface area contributed by atoms with Crippen molar-refractivity contribution in [2.45, 2.75) is 26.3 Å². The van der Waals surface area contributed by atoms with Crippen LogP contribution in [0.3, 0.4) is 0 Å². The Kier molecular flexibility index (Phi) is 5.64. The lowest BCUT2D eigenvalue weighted by Crippen LogP contribution is -2.36. The Balaban J connectivity index is 1.86. The Morgan fingerprint density at radius 3 is 2.75 bits per heavy atom. The van der Waals surface area contributed by atoms with Crippen LogP contribution in [0.5, 0.6) is 0 Å². The van der Waals surface area contributed by atoms with Crippen LogP contribution in [0.4, 0.5) is 0 Å². The Hall–Kier alpha value is -0.840. The number of rotatable bonds is 4. The number of esters is 1. The van der Waals surface area contributed by atoms with Crippen molar-refractivity contribution in [3.63, 3.8) is 0 Å². The van der Waals surface area contributed by atoms with E-state index in [2.05, 4.69) is 9.88 Å². The van der Waals surface area contributed by atoms with Gasteiger partial charge in [-0.05, 0) is 38.9 Å². The normalized spacial score (nSPS) is 17.1. The van der Waals surface area contributed by atoms with Crippen LogP contribution in [-0.2, 0) is 16.1 Å². The fraction of sp³-hybridized carbons (Fsp3) is 0.571. The molecule has 2 heterocycles. The SMILES string of the molecule is CCOC(=O)C1CCN(Cc2cnc(Cl)cc2Cl)CC1. The molecule has 20 heavy (non-hydrogen) atoms. The molecule has 0 aliphatic carbocycles. The van der Waals surface area contributed by atoms with Crippen molar-refractivity contribution in [1.29, 1.82) is 0 Å². The van der Waals surface area contributed by atoms with E-state index in [9.17, 15) is 4.79 Å². The summed E-state index contributed by atoms with van der Waals surface area (Å²) in [6, 6.07) is 1.66. The summed E-state index contributed by atoms with van der Waals surface area (Å²) in [4.78, 5) is 18.0. The van der Waals surface area contributed by atoms with Crippen LogP contribution in [0, 0.1) is 5.92 Å². The standard InChI is InChI=1S/C14H18Cl2N2O2/c1-2-20-14(19)10-3-5-18(6-4-10)9-11-8-17-13(16)7-12(11)15/h7-8,10H,2-6,9H2,1H3. The molecule has 1 saturated heterocycles. The van der Waals surface area contributed by atoms with Gasteiger partial charge in [-0.1, -0.05) is 23.2 Å². The van der Waals surface area contributed by atoms with Crippen LogP contribution in [0.15, 0.2) is 12.3 Å². The molecule has 2 rings (SSSR count). The molecule has 110 valence electrons. The Bertz CT molecular complexity index is 474. The third kappa shape index (κ3) is 4.08. The minimum Gasteiger partial charge on any atom is -0.466 e. The molecule has 1 aliphatic heterocycles. The summed E-state index contributed by atoms with van der Waals surface area (Å²) >= 11 is 11.9. The van der Waals surface area contributed by atoms with E-state index < -0.39 is 0 Å². The van der Waals surface area contributed by atoms with E-state index >= 15 is 0 Å². The predicted molar refractivity (Wildman–Crippen MR) is 78.9 cm³/mol. The van der Waals surface area contributed by atoms with Crippen LogP contribution in [0.1, 0.15) is 25.3 Å². The highest BCUT2D eigenvalue weighted by molar-refractivity contribution is 6.34. The number of nitrogens with zero attached hydrogens (tertiary/aromatic N) is 2. The predicted octanol–water partition coefficient (Wildman–Crippen LogP) is 3.16. The average molecular weight is 317 g/mol. The summed E-state index contributed by atoms with van der Waals surface area (Å²) in [6.45, 7) is 4.75. The topological polar surface area (TPSA) is 42.4 Å². The first kappa shape index (κ1) is 15.5. The van der Waals surface area contributed by atoms with Crippen molar-refractivity contribution in [3.8, 4) is 0 Å². The summed E-state index contributed by atoms with van der Waals surface area (Å²) < 4.78 is 5.06. The largest absolute Gasteiger partial charge is 0.466 e. The smallest absolute Gasteiger partial charge is 0.309 e. The zero-order valence-corrected chi connectivity index (χ0v) is 13.0. The molecule has 4 nitrogen and oxygen atoms in total. The van der Waals surface area contributed by atoms with E-state index in [1.165, 1.54) is 0 Å². The third-order valence-corrected chi connectivity index (χ3v) is 4.06. The Morgan fingerprint density at radius 2 is 2.15 bits per heavy atom. The van der Waals surface area contributed by atoms with Crippen LogP contribution in [0.2, 0.25) is 10.2 Å². The first-order chi connectivity index (χ1) is 9.60. The average Bonchev–Trinajstić information content (AvgIpc) is 2.43.